The van der Waals surface area contributed by atoms with Crippen LogP contribution in [-0.2, 0) is 14.3 Å². The van der Waals surface area contributed by atoms with Crippen LogP contribution in [0.25, 0.3) is 0 Å². The zero-order chi connectivity index (χ0) is 12.8. The van der Waals surface area contributed by atoms with E-state index in [2.05, 4.69) is 19.2 Å². The van der Waals surface area contributed by atoms with Crippen LogP contribution >= 0.6 is 0 Å². The zero-order valence-electron chi connectivity index (χ0n) is 11.3. The van der Waals surface area contributed by atoms with Gasteiger partial charge in [-0.25, -0.2) is 4.79 Å². The van der Waals surface area contributed by atoms with Gasteiger partial charge in [-0.15, -0.1) is 0 Å². The molecule has 0 saturated carbocycles. The van der Waals surface area contributed by atoms with E-state index in [0.29, 0.717) is 12.5 Å². The van der Waals surface area contributed by atoms with Crippen LogP contribution in [0.5, 0.6) is 0 Å². The Labute approximate surface area is 98.7 Å². The Bertz CT molecular complexity index is 216. The van der Waals surface area contributed by atoms with Crippen molar-refractivity contribution in [2.45, 2.75) is 33.2 Å². The summed E-state index contributed by atoms with van der Waals surface area (Å²) >= 11 is 0. The smallest absolute Gasteiger partial charge is 0.328 e. The number of hydrogen-bond donors (Lipinski definition) is 1. The van der Waals surface area contributed by atoms with Crippen LogP contribution < -0.4 is 5.32 Å². The first-order chi connectivity index (χ1) is 7.40. The Morgan fingerprint density at radius 3 is 2.12 bits per heavy atom. The van der Waals surface area contributed by atoms with Crippen molar-refractivity contribution in [1.82, 2.24) is 5.32 Å². The second-order valence-electron chi connectivity index (χ2n) is 4.83. The number of nitrogens with one attached hydrogen (secondary N) is 1. The predicted molar refractivity (Wildman–Crippen MR) is 64.3 cm³/mol. The first kappa shape index (κ1) is 15.4. The minimum absolute atomic E-state index is 0.110. The van der Waals surface area contributed by atoms with Crippen LogP contribution in [0.2, 0.25) is 0 Å². The molecule has 0 bridgehead atoms. The third kappa shape index (κ3) is 3.76. The highest BCUT2D eigenvalue weighted by Gasteiger charge is 2.42. The van der Waals surface area contributed by atoms with Gasteiger partial charge in [-0.2, -0.15) is 0 Å². The Morgan fingerprint density at radius 2 is 1.81 bits per heavy atom. The number of ether oxygens (including phenoxy) is 2. The lowest BCUT2D eigenvalue weighted by atomic mass is 9.86. The monoisotopic (exact) mass is 231 g/mol. The zero-order valence-corrected chi connectivity index (χ0v) is 11.3. The van der Waals surface area contributed by atoms with Gasteiger partial charge in [0.25, 0.3) is 0 Å². The Balaban J connectivity index is 4.86. The normalized spacial score (nSPS) is 15.2. The molecule has 0 aromatic carbocycles. The lowest BCUT2D eigenvalue weighted by Gasteiger charge is -2.35. The largest absolute Gasteiger partial charge is 0.468 e. The van der Waals surface area contributed by atoms with E-state index in [1.165, 1.54) is 7.11 Å². The minimum Gasteiger partial charge on any atom is -0.468 e. The quantitative estimate of drug-likeness (QED) is 0.674. The Hall–Kier alpha value is -0.610. The summed E-state index contributed by atoms with van der Waals surface area (Å²) in [6.07, 6.45) is 0. The summed E-state index contributed by atoms with van der Waals surface area (Å²) in [6.45, 7) is 9.26. The van der Waals surface area contributed by atoms with Crippen molar-refractivity contribution in [3.63, 3.8) is 0 Å². The van der Waals surface area contributed by atoms with E-state index >= 15 is 0 Å². The summed E-state index contributed by atoms with van der Waals surface area (Å²) in [5.74, 6) is 0.322. The highest BCUT2D eigenvalue weighted by Crippen LogP contribution is 2.20. The molecule has 1 unspecified atom stereocenters. The van der Waals surface area contributed by atoms with Gasteiger partial charge in [-0.3, -0.25) is 5.32 Å². The topological polar surface area (TPSA) is 47.6 Å². The molecule has 96 valence electrons. The van der Waals surface area contributed by atoms with E-state index in [-0.39, 0.29) is 11.9 Å². The van der Waals surface area contributed by atoms with Gasteiger partial charge in [0.05, 0.1) is 13.7 Å². The van der Waals surface area contributed by atoms with Crippen molar-refractivity contribution in [1.29, 1.82) is 0 Å². The molecule has 0 aromatic rings. The molecule has 4 nitrogen and oxygen atoms in total. The average Bonchev–Trinajstić information content (AvgIpc) is 2.22. The van der Waals surface area contributed by atoms with E-state index in [9.17, 15) is 4.79 Å². The van der Waals surface area contributed by atoms with Crippen molar-refractivity contribution >= 4 is 5.97 Å². The summed E-state index contributed by atoms with van der Waals surface area (Å²) in [5.41, 5.74) is -0.742. The Kier molecular flexibility index (Phi) is 6.60. The van der Waals surface area contributed by atoms with Gasteiger partial charge in [0, 0.05) is 7.11 Å². The fourth-order valence-corrected chi connectivity index (χ4v) is 1.58. The maximum atomic E-state index is 11.9. The van der Waals surface area contributed by atoms with Crippen LogP contribution in [0.4, 0.5) is 0 Å². The van der Waals surface area contributed by atoms with Gasteiger partial charge in [0.15, 0.2) is 0 Å². The van der Waals surface area contributed by atoms with Crippen LogP contribution in [0.3, 0.4) is 0 Å². The van der Waals surface area contributed by atoms with Crippen LogP contribution in [0.1, 0.15) is 27.7 Å². The summed E-state index contributed by atoms with van der Waals surface area (Å²) < 4.78 is 10.0. The fraction of sp³-hybridized carbons (Fsp3) is 0.917. The SMILES string of the molecule is COCC(NCC(C)C)(C(=O)OC)C(C)C. The number of rotatable bonds is 7. The molecule has 0 spiro atoms. The summed E-state index contributed by atoms with van der Waals surface area (Å²) in [5, 5.41) is 3.28. The second kappa shape index (κ2) is 6.86. The predicted octanol–water partition coefficient (Wildman–Crippen LogP) is 1.45. The van der Waals surface area contributed by atoms with Crippen molar-refractivity contribution in [2.24, 2.45) is 11.8 Å². The molecule has 4 heteroatoms. The highest BCUT2D eigenvalue weighted by atomic mass is 16.5. The van der Waals surface area contributed by atoms with Gasteiger partial charge in [-0.05, 0) is 18.4 Å². The molecule has 0 aliphatic heterocycles. The van der Waals surface area contributed by atoms with E-state index < -0.39 is 5.54 Å². The van der Waals surface area contributed by atoms with Gasteiger partial charge >= 0.3 is 5.97 Å². The lowest BCUT2D eigenvalue weighted by Crippen LogP contribution is -2.60. The summed E-state index contributed by atoms with van der Waals surface area (Å²) in [4.78, 5) is 11.9. The number of methoxy groups -OCH3 is 2. The molecule has 0 radical (unpaired) electrons. The van der Waals surface area contributed by atoms with Crippen molar-refractivity contribution in [3.8, 4) is 0 Å². The third-order valence-electron chi connectivity index (χ3n) is 2.73. The minimum atomic E-state index is -0.742. The molecule has 0 rings (SSSR count). The molecule has 0 amide bonds. The first-order valence-corrected chi connectivity index (χ1v) is 5.73. The van der Waals surface area contributed by atoms with E-state index in [0.717, 1.165) is 6.54 Å². The molecule has 1 atom stereocenters. The maximum Gasteiger partial charge on any atom is 0.328 e. The van der Waals surface area contributed by atoms with Gasteiger partial charge in [0.2, 0.25) is 0 Å². The van der Waals surface area contributed by atoms with Gasteiger partial charge in [0.1, 0.15) is 5.54 Å². The number of hydrogen-bond acceptors (Lipinski definition) is 4. The van der Waals surface area contributed by atoms with Crippen molar-refractivity contribution in [3.05, 3.63) is 0 Å². The highest BCUT2D eigenvalue weighted by molar-refractivity contribution is 5.81. The van der Waals surface area contributed by atoms with Gasteiger partial charge < -0.3 is 9.47 Å². The van der Waals surface area contributed by atoms with Crippen molar-refractivity contribution < 1.29 is 14.3 Å². The molecule has 16 heavy (non-hydrogen) atoms. The van der Waals surface area contributed by atoms with Crippen LogP contribution in [0.15, 0.2) is 0 Å². The molecule has 1 N–H and O–H groups in total. The Morgan fingerprint density at radius 1 is 1.25 bits per heavy atom. The van der Waals surface area contributed by atoms with E-state index in [1.54, 1.807) is 7.11 Å². The van der Waals surface area contributed by atoms with Crippen LogP contribution in [-0.4, -0.2) is 38.9 Å². The third-order valence-corrected chi connectivity index (χ3v) is 2.73. The average molecular weight is 231 g/mol. The number of carbonyl (C=O) groups excluding carboxylic acids is 1. The molecule has 0 aromatic heterocycles. The summed E-state index contributed by atoms with van der Waals surface area (Å²) in [7, 11) is 3.00. The first-order valence-electron chi connectivity index (χ1n) is 5.73. The molecular weight excluding hydrogens is 206 g/mol. The molecule has 0 saturated heterocycles. The maximum absolute atomic E-state index is 11.9. The van der Waals surface area contributed by atoms with E-state index in [4.69, 9.17) is 9.47 Å². The fourth-order valence-electron chi connectivity index (χ4n) is 1.58. The molecule has 0 fully saturated rings. The van der Waals surface area contributed by atoms with Crippen LogP contribution in [0, 0.1) is 11.8 Å². The molecule has 0 heterocycles. The van der Waals surface area contributed by atoms with Crippen molar-refractivity contribution in [2.75, 3.05) is 27.4 Å². The second-order valence-corrected chi connectivity index (χ2v) is 4.83. The summed E-state index contributed by atoms with van der Waals surface area (Å²) in [6, 6.07) is 0. The lowest BCUT2D eigenvalue weighted by molar-refractivity contribution is -0.153. The molecular formula is C12H25NO3. The standard InChI is InChI=1S/C12H25NO3/c1-9(2)7-13-12(8-15-5,10(3)4)11(14)16-6/h9-10,13H,7-8H2,1-6H3. The molecule has 0 aliphatic rings. The van der Waals surface area contributed by atoms with E-state index in [1.807, 2.05) is 13.8 Å². The number of esters is 1. The van der Waals surface area contributed by atoms with Gasteiger partial charge in [-0.1, -0.05) is 27.7 Å². The molecule has 0 aliphatic carbocycles. The number of carbonyl (C=O) groups is 1.